The normalized spacial score (nSPS) is 18.7. The Morgan fingerprint density at radius 3 is 2.30 bits per heavy atom. The van der Waals surface area contributed by atoms with Crippen molar-refractivity contribution in [2.45, 2.75) is 25.4 Å². The van der Waals surface area contributed by atoms with Crippen LogP contribution in [0.5, 0.6) is 0 Å². The molecule has 1 aliphatic heterocycles. The van der Waals surface area contributed by atoms with Crippen molar-refractivity contribution in [1.82, 2.24) is 15.1 Å². The van der Waals surface area contributed by atoms with Gasteiger partial charge in [-0.3, -0.25) is 9.59 Å². The molecule has 1 fully saturated rings. The monoisotopic (exact) mass is 365 g/mol. The number of amides is 2. The second-order valence-corrected chi connectivity index (χ2v) is 7.14. The molecule has 1 N–H and O–H groups in total. The first-order valence-electron chi connectivity index (χ1n) is 9.39. The first kappa shape index (κ1) is 19.1. The smallest absolute Gasteiger partial charge is 0.225 e. The Balaban J connectivity index is 1.80. The van der Waals surface area contributed by atoms with Crippen LogP contribution in [-0.4, -0.2) is 48.3 Å². The molecule has 2 amide bonds. The molecule has 1 aliphatic rings. The molecule has 1 saturated heterocycles. The van der Waals surface area contributed by atoms with E-state index in [1.54, 1.807) is 0 Å². The van der Waals surface area contributed by atoms with Gasteiger partial charge >= 0.3 is 0 Å². The van der Waals surface area contributed by atoms with Crippen molar-refractivity contribution < 1.29 is 9.59 Å². The average Bonchev–Trinajstić information content (AvgIpc) is 2.68. The van der Waals surface area contributed by atoms with E-state index in [0.29, 0.717) is 6.54 Å². The number of likely N-dealkylation sites (N-methyl/N-ethyl adjacent to an activating group) is 1. The number of nitrogens with zero attached hydrogens (tertiary/aromatic N) is 2. The van der Waals surface area contributed by atoms with Crippen LogP contribution in [0.25, 0.3) is 0 Å². The van der Waals surface area contributed by atoms with Crippen LogP contribution in [0, 0.1) is 0 Å². The standard InChI is InChI=1S/C22H27N3O2/c1-17(26)23-20(18-9-5-3-6-10-18)15-22(27)25-14-13-24(2)16-21(25)19-11-7-4-8-12-19/h3-12,20-21H,13-16H2,1-2H3,(H,23,26). The summed E-state index contributed by atoms with van der Waals surface area (Å²) >= 11 is 0. The Morgan fingerprint density at radius 1 is 1.04 bits per heavy atom. The fourth-order valence-corrected chi connectivity index (χ4v) is 3.65. The van der Waals surface area contributed by atoms with Crippen LogP contribution in [0.1, 0.15) is 36.6 Å². The van der Waals surface area contributed by atoms with Gasteiger partial charge in [0.25, 0.3) is 0 Å². The number of piperazine rings is 1. The molecule has 3 rings (SSSR count). The summed E-state index contributed by atoms with van der Waals surface area (Å²) in [6.45, 7) is 3.84. The maximum atomic E-state index is 13.2. The van der Waals surface area contributed by atoms with Gasteiger partial charge in [-0.2, -0.15) is 0 Å². The molecule has 0 saturated carbocycles. The summed E-state index contributed by atoms with van der Waals surface area (Å²) in [4.78, 5) is 29.1. The molecule has 0 radical (unpaired) electrons. The minimum atomic E-state index is -0.313. The summed E-state index contributed by atoms with van der Waals surface area (Å²) in [5.74, 6) is -0.0609. The first-order chi connectivity index (χ1) is 13.0. The third-order valence-corrected chi connectivity index (χ3v) is 5.05. The quantitative estimate of drug-likeness (QED) is 0.886. The van der Waals surface area contributed by atoms with E-state index in [9.17, 15) is 9.59 Å². The maximum Gasteiger partial charge on any atom is 0.225 e. The molecule has 2 unspecified atom stereocenters. The minimum Gasteiger partial charge on any atom is -0.349 e. The molecule has 1 heterocycles. The van der Waals surface area contributed by atoms with E-state index in [4.69, 9.17) is 0 Å². The number of hydrogen-bond donors (Lipinski definition) is 1. The van der Waals surface area contributed by atoms with Crippen molar-refractivity contribution in [2.75, 3.05) is 26.7 Å². The van der Waals surface area contributed by atoms with E-state index in [0.717, 1.165) is 24.2 Å². The van der Waals surface area contributed by atoms with Crippen LogP contribution in [0.2, 0.25) is 0 Å². The molecule has 0 aromatic heterocycles. The van der Waals surface area contributed by atoms with Gasteiger partial charge in [0.1, 0.15) is 0 Å². The van der Waals surface area contributed by atoms with Crippen molar-refractivity contribution in [1.29, 1.82) is 0 Å². The average molecular weight is 365 g/mol. The van der Waals surface area contributed by atoms with Gasteiger partial charge in [0.15, 0.2) is 0 Å². The lowest BCUT2D eigenvalue weighted by molar-refractivity contribution is -0.137. The number of carbonyl (C=O) groups excluding carboxylic acids is 2. The lowest BCUT2D eigenvalue weighted by atomic mass is 9.99. The Kier molecular flexibility index (Phi) is 6.24. The number of hydrogen-bond acceptors (Lipinski definition) is 3. The van der Waals surface area contributed by atoms with Crippen molar-refractivity contribution in [2.24, 2.45) is 0 Å². The van der Waals surface area contributed by atoms with E-state index in [1.165, 1.54) is 6.92 Å². The summed E-state index contributed by atoms with van der Waals surface area (Å²) in [5, 5.41) is 2.93. The summed E-state index contributed by atoms with van der Waals surface area (Å²) in [7, 11) is 2.09. The zero-order chi connectivity index (χ0) is 19.2. The molecule has 5 heteroatoms. The molecular weight excluding hydrogens is 338 g/mol. The molecule has 5 nitrogen and oxygen atoms in total. The highest BCUT2D eigenvalue weighted by molar-refractivity contribution is 5.79. The number of carbonyl (C=O) groups is 2. The first-order valence-corrected chi connectivity index (χ1v) is 9.39. The molecule has 0 bridgehead atoms. The molecule has 2 aromatic carbocycles. The van der Waals surface area contributed by atoms with Gasteiger partial charge in [-0.15, -0.1) is 0 Å². The highest BCUT2D eigenvalue weighted by Crippen LogP contribution is 2.27. The SMILES string of the molecule is CC(=O)NC(CC(=O)N1CCN(C)CC1c1ccccc1)c1ccccc1. The summed E-state index contributed by atoms with van der Waals surface area (Å²) in [6, 6.07) is 19.6. The van der Waals surface area contributed by atoms with Crippen LogP contribution in [-0.2, 0) is 9.59 Å². The Labute approximate surface area is 161 Å². The second-order valence-electron chi connectivity index (χ2n) is 7.14. The van der Waals surface area contributed by atoms with E-state index < -0.39 is 0 Å². The zero-order valence-electron chi connectivity index (χ0n) is 16.0. The third kappa shape index (κ3) is 4.95. The largest absolute Gasteiger partial charge is 0.349 e. The van der Waals surface area contributed by atoms with Gasteiger partial charge in [0.2, 0.25) is 11.8 Å². The maximum absolute atomic E-state index is 13.2. The van der Waals surface area contributed by atoms with Crippen LogP contribution >= 0.6 is 0 Å². The lowest BCUT2D eigenvalue weighted by Gasteiger charge is -2.41. The van der Waals surface area contributed by atoms with Gasteiger partial charge in [0, 0.05) is 26.6 Å². The third-order valence-electron chi connectivity index (χ3n) is 5.05. The van der Waals surface area contributed by atoms with Crippen LogP contribution in [0.4, 0.5) is 0 Å². The number of nitrogens with one attached hydrogen (secondary N) is 1. The summed E-state index contributed by atoms with van der Waals surface area (Å²) in [5.41, 5.74) is 2.10. The topological polar surface area (TPSA) is 52.7 Å². The van der Waals surface area contributed by atoms with Crippen molar-refractivity contribution >= 4 is 11.8 Å². The predicted octanol–water partition coefficient (Wildman–Crippen LogP) is 2.77. The van der Waals surface area contributed by atoms with Crippen LogP contribution in [0.15, 0.2) is 60.7 Å². The van der Waals surface area contributed by atoms with E-state index in [1.807, 2.05) is 53.4 Å². The fourth-order valence-electron chi connectivity index (χ4n) is 3.65. The van der Waals surface area contributed by atoms with Gasteiger partial charge < -0.3 is 15.1 Å². The molecule has 142 valence electrons. The zero-order valence-corrected chi connectivity index (χ0v) is 16.0. The molecule has 27 heavy (non-hydrogen) atoms. The highest BCUT2D eigenvalue weighted by Gasteiger charge is 2.31. The van der Waals surface area contributed by atoms with Gasteiger partial charge in [-0.25, -0.2) is 0 Å². The summed E-state index contributed by atoms with van der Waals surface area (Å²) < 4.78 is 0. The number of rotatable bonds is 5. The van der Waals surface area contributed by atoms with E-state index in [-0.39, 0.29) is 30.3 Å². The Hall–Kier alpha value is -2.66. The molecule has 2 aromatic rings. The molecule has 0 spiro atoms. The fraction of sp³-hybridized carbons (Fsp3) is 0.364. The van der Waals surface area contributed by atoms with Crippen molar-refractivity contribution in [3.63, 3.8) is 0 Å². The molecular formula is C22H27N3O2. The van der Waals surface area contributed by atoms with E-state index >= 15 is 0 Å². The Bertz CT molecular complexity index is 764. The molecule has 0 aliphatic carbocycles. The minimum absolute atomic E-state index is 0.0335. The predicted molar refractivity (Wildman–Crippen MR) is 106 cm³/mol. The van der Waals surface area contributed by atoms with Gasteiger partial charge in [-0.1, -0.05) is 60.7 Å². The van der Waals surface area contributed by atoms with Crippen LogP contribution in [0.3, 0.4) is 0 Å². The van der Waals surface area contributed by atoms with Gasteiger partial charge in [0.05, 0.1) is 18.5 Å². The highest BCUT2D eigenvalue weighted by atomic mass is 16.2. The second kappa shape index (κ2) is 8.82. The lowest BCUT2D eigenvalue weighted by Crippen LogP contribution is -2.50. The van der Waals surface area contributed by atoms with Crippen LogP contribution < -0.4 is 5.32 Å². The molecule has 2 atom stereocenters. The summed E-state index contributed by atoms with van der Waals surface area (Å²) in [6.07, 6.45) is 0.261. The Morgan fingerprint density at radius 2 is 1.67 bits per heavy atom. The van der Waals surface area contributed by atoms with Gasteiger partial charge in [-0.05, 0) is 18.2 Å². The van der Waals surface area contributed by atoms with E-state index in [2.05, 4.69) is 29.4 Å². The van der Waals surface area contributed by atoms with Crippen molar-refractivity contribution in [3.8, 4) is 0 Å². The number of benzene rings is 2. The van der Waals surface area contributed by atoms with Crippen molar-refractivity contribution in [3.05, 3.63) is 71.8 Å².